The topological polar surface area (TPSA) is 30.7 Å². The third kappa shape index (κ3) is 1.98. The molecule has 2 rings (SSSR count). The number of fused-ring (bicyclic) bond motifs is 1. The van der Waals surface area contributed by atoms with Gasteiger partial charge in [-0.3, -0.25) is 0 Å². The third-order valence-electron chi connectivity index (χ3n) is 2.39. The Bertz CT molecular complexity index is 572. The minimum atomic E-state index is -4.44. The second-order valence-electron chi connectivity index (χ2n) is 3.43. The summed E-state index contributed by atoms with van der Waals surface area (Å²) in [5.74, 6) is -0.665. The highest BCUT2D eigenvalue weighted by molar-refractivity contribution is 5.90. The molecule has 0 spiro atoms. The molecule has 6 heteroatoms. The van der Waals surface area contributed by atoms with E-state index in [2.05, 4.69) is 4.74 Å². The van der Waals surface area contributed by atoms with Gasteiger partial charge in [0.05, 0.1) is 23.8 Å². The molecule has 0 aliphatic rings. The van der Waals surface area contributed by atoms with Gasteiger partial charge in [0.25, 0.3) is 0 Å². The number of halogens is 3. The molecule has 0 atom stereocenters. The molecule has 0 amide bonds. The van der Waals surface area contributed by atoms with Crippen molar-refractivity contribution in [2.75, 3.05) is 7.11 Å². The summed E-state index contributed by atoms with van der Waals surface area (Å²) in [5.41, 5.74) is -0.757. The fourth-order valence-corrected chi connectivity index (χ4v) is 1.58. The Morgan fingerprint density at radius 3 is 2.53 bits per heavy atom. The number of methoxy groups -OCH3 is 1. The van der Waals surface area contributed by atoms with Crippen LogP contribution in [0.5, 0.6) is 0 Å². The molecule has 0 aliphatic carbocycles. The van der Waals surface area contributed by atoms with Gasteiger partial charge in [-0.25, -0.2) is 4.79 Å². The first-order valence-corrected chi connectivity index (χ1v) is 4.69. The van der Waals surface area contributed by atoms with E-state index < -0.39 is 17.7 Å². The fraction of sp³-hybridized carbons (Fsp3) is 0.182. The van der Waals surface area contributed by atoms with Gasteiger partial charge in [0.1, 0.15) is 0 Å². The zero-order chi connectivity index (χ0) is 12.6. The Labute approximate surface area is 94.4 Å². The van der Waals surface area contributed by atoms with Gasteiger partial charge in [-0.1, -0.05) is 0 Å². The molecule has 3 nitrogen and oxygen atoms in total. The number of alkyl halides is 3. The maximum absolute atomic E-state index is 12.6. The molecule has 0 radical (unpaired) electrons. The molecule has 0 bridgehead atoms. The van der Waals surface area contributed by atoms with Gasteiger partial charge < -0.3 is 9.14 Å². The number of carbonyl (C=O) groups excluding carboxylic acids is 1. The largest absolute Gasteiger partial charge is 0.465 e. The van der Waals surface area contributed by atoms with E-state index in [9.17, 15) is 18.0 Å². The molecule has 2 heterocycles. The molecule has 0 saturated carbocycles. The number of esters is 1. The Morgan fingerprint density at radius 2 is 1.94 bits per heavy atom. The van der Waals surface area contributed by atoms with Crippen LogP contribution >= 0.6 is 0 Å². The standard InChI is InChI=1S/C11H8F3NO2/c1-17-10(16)7-2-4-15-5-3-8(9(15)6-7)11(12,13)14/h2-6H,1H3. The first-order chi connectivity index (χ1) is 7.93. The predicted molar refractivity (Wildman–Crippen MR) is 53.7 cm³/mol. The van der Waals surface area contributed by atoms with Crippen LogP contribution < -0.4 is 0 Å². The summed E-state index contributed by atoms with van der Waals surface area (Å²) in [4.78, 5) is 11.2. The highest BCUT2D eigenvalue weighted by Crippen LogP contribution is 2.33. The number of ether oxygens (including phenoxy) is 1. The molecule has 90 valence electrons. The molecular formula is C11H8F3NO2. The lowest BCUT2D eigenvalue weighted by Gasteiger charge is -2.06. The summed E-state index contributed by atoms with van der Waals surface area (Å²) in [6.07, 6.45) is -1.76. The molecule has 0 N–H and O–H groups in total. The van der Waals surface area contributed by atoms with E-state index >= 15 is 0 Å². The van der Waals surface area contributed by atoms with Gasteiger partial charge in [-0.2, -0.15) is 13.2 Å². The molecule has 0 unspecified atom stereocenters. The van der Waals surface area contributed by atoms with E-state index in [0.29, 0.717) is 0 Å². The van der Waals surface area contributed by atoms with Crippen molar-refractivity contribution in [1.82, 2.24) is 4.40 Å². The van der Waals surface area contributed by atoms with Gasteiger partial charge in [0.15, 0.2) is 0 Å². The van der Waals surface area contributed by atoms with E-state index in [1.807, 2.05) is 0 Å². The summed E-state index contributed by atoms with van der Waals surface area (Å²) >= 11 is 0. The molecule has 17 heavy (non-hydrogen) atoms. The molecule has 2 aromatic rings. The molecule has 0 aliphatic heterocycles. The molecular weight excluding hydrogens is 235 g/mol. The number of hydrogen-bond acceptors (Lipinski definition) is 2. The molecule has 0 fully saturated rings. The van der Waals surface area contributed by atoms with Crippen LogP contribution in [0.2, 0.25) is 0 Å². The fourth-order valence-electron chi connectivity index (χ4n) is 1.58. The highest BCUT2D eigenvalue weighted by Gasteiger charge is 2.33. The van der Waals surface area contributed by atoms with E-state index in [1.165, 1.54) is 30.0 Å². The van der Waals surface area contributed by atoms with Gasteiger partial charge in [0.2, 0.25) is 0 Å². The van der Waals surface area contributed by atoms with Crippen LogP contribution in [0.4, 0.5) is 13.2 Å². The van der Waals surface area contributed by atoms with E-state index in [1.54, 1.807) is 0 Å². The Kier molecular flexibility index (Phi) is 2.57. The van der Waals surface area contributed by atoms with Crippen LogP contribution in [-0.4, -0.2) is 17.5 Å². The quantitative estimate of drug-likeness (QED) is 0.721. The maximum atomic E-state index is 12.6. The predicted octanol–water partition coefficient (Wildman–Crippen LogP) is 2.74. The number of rotatable bonds is 1. The van der Waals surface area contributed by atoms with Crippen LogP contribution in [0.3, 0.4) is 0 Å². The monoisotopic (exact) mass is 243 g/mol. The van der Waals surface area contributed by atoms with E-state index in [0.717, 1.165) is 12.1 Å². The SMILES string of the molecule is COC(=O)c1ccn2ccc(C(F)(F)F)c2c1. The van der Waals surface area contributed by atoms with Crippen molar-refractivity contribution in [2.45, 2.75) is 6.18 Å². The number of aromatic nitrogens is 1. The Balaban J connectivity index is 2.62. The van der Waals surface area contributed by atoms with Crippen LogP contribution in [-0.2, 0) is 10.9 Å². The molecule has 2 aromatic heterocycles. The lowest BCUT2D eigenvalue weighted by atomic mass is 10.2. The number of carbonyl (C=O) groups is 1. The number of hydrogen-bond donors (Lipinski definition) is 0. The van der Waals surface area contributed by atoms with Crippen LogP contribution in [0.25, 0.3) is 5.52 Å². The second kappa shape index (κ2) is 3.80. The van der Waals surface area contributed by atoms with Crippen LogP contribution in [0.1, 0.15) is 15.9 Å². The smallest absolute Gasteiger partial charge is 0.418 e. The lowest BCUT2D eigenvalue weighted by molar-refractivity contribution is -0.136. The summed E-state index contributed by atoms with van der Waals surface area (Å²) in [5, 5.41) is 0. The van der Waals surface area contributed by atoms with E-state index in [-0.39, 0.29) is 11.1 Å². The van der Waals surface area contributed by atoms with Gasteiger partial charge in [-0.15, -0.1) is 0 Å². The summed E-state index contributed by atoms with van der Waals surface area (Å²) in [6.45, 7) is 0. The Morgan fingerprint density at radius 1 is 1.29 bits per heavy atom. The summed E-state index contributed by atoms with van der Waals surface area (Å²) in [6, 6.07) is 3.53. The average Bonchev–Trinajstić information content (AvgIpc) is 2.70. The summed E-state index contributed by atoms with van der Waals surface area (Å²) in [7, 11) is 1.18. The number of nitrogens with zero attached hydrogens (tertiary/aromatic N) is 1. The minimum absolute atomic E-state index is 0.0691. The van der Waals surface area contributed by atoms with Gasteiger partial charge >= 0.3 is 12.1 Å². The second-order valence-corrected chi connectivity index (χ2v) is 3.43. The van der Waals surface area contributed by atoms with Crippen molar-refractivity contribution in [3.05, 3.63) is 41.7 Å². The molecule has 0 saturated heterocycles. The Hall–Kier alpha value is -1.98. The third-order valence-corrected chi connectivity index (χ3v) is 2.39. The van der Waals surface area contributed by atoms with Crippen molar-refractivity contribution in [1.29, 1.82) is 0 Å². The van der Waals surface area contributed by atoms with E-state index in [4.69, 9.17) is 0 Å². The first-order valence-electron chi connectivity index (χ1n) is 4.69. The van der Waals surface area contributed by atoms with Crippen LogP contribution in [0.15, 0.2) is 30.6 Å². The van der Waals surface area contributed by atoms with Gasteiger partial charge in [0, 0.05) is 12.4 Å². The van der Waals surface area contributed by atoms with Crippen molar-refractivity contribution in [2.24, 2.45) is 0 Å². The zero-order valence-corrected chi connectivity index (χ0v) is 8.78. The maximum Gasteiger partial charge on any atom is 0.418 e. The highest BCUT2D eigenvalue weighted by atomic mass is 19.4. The normalized spacial score (nSPS) is 11.8. The lowest BCUT2D eigenvalue weighted by Crippen LogP contribution is -2.06. The zero-order valence-electron chi connectivity index (χ0n) is 8.78. The van der Waals surface area contributed by atoms with Gasteiger partial charge in [-0.05, 0) is 18.2 Å². The number of pyridine rings is 1. The summed E-state index contributed by atoms with van der Waals surface area (Å²) < 4.78 is 43.7. The first kappa shape index (κ1) is 11.5. The van der Waals surface area contributed by atoms with Crippen LogP contribution in [0, 0.1) is 0 Å². The van der Waals surface area contributed by atoms with Crippen molar-refractivity contribution in [3.8, 4) is 0 Å². The van der Waals surface area contributed by atoms with Crippen molar-refractivity contribution >= 4 is 11.5 Å². The molecule has 0 aromatic carbocycles. The minimum Gasteiger partial charge on any atom is -0.465 e. The average molecular weight is 243 g/mol. The van der Waals surface area contributed by atoms with Crippen molar-refractivity contribution in [3.63, 3.8) is 0 Å². The van der Waals surface area contributed by atoms with Crippen molar-refractivity contribution < 1.29 is 22.7 Å².